The third kappa shape index (κ3) is 2.80. The summed E-state index contributed by atoms with van der Waals surface area (Å²) in [6.07, 6.45) is -12.0. The maximum atomic E-state index is 13.1. The Bertz CT molecular complexity index is 1070. The average Bonchev–Trinajstić information content (AvgIpc) is 2.58. The van der Waals surface area contributed by atoms with Crippen molar-refractivity contribution >= 4 is 21.7 Å². The monoisotopic (exact) mass is 391 g/mol. The van der Waals surface area contributed by atoms with Crippen LogP contribution >= 0.6 is 0 Å². The lowest BCUT2D eigenvalue weighted by molar-refractivity contribution is -0.376. The first-order chi connectivity index (χ1) is 12.4. The highest BCUT2D eigenvalue weighted by Crippen LogP contribution is 2.50. The van der Waals surface area contributed by atoms with Crippen LogP contribution in [0.2, 0.25) is 0 Å². The second-order valence-electron chi connectivity index (χ2n) is 5.83. The summed E-state index contributed by atoms with van der Waals surface area (Å²) in [5.41, 5.74) is -7.03. The lowest BCUT2D eigenvalue weighted by Crippen LogP contribution is -2.53. The van der Waals surface area contributed by atoms with Crippen molar-refractivity contribution in [1.29, 1.82) is 0 Å². The number of aromatic nitrogens is 1. The van der Waals surface area contributed by atoms with Crippen LogP contribution in [0, 0.1) is 0 Å². The summed E-state index contributed by atoms with van der Waals surface area (Å²) in [5, 5.41) is 9.62. The van der Waals surface area contributed by atoms with Gasteiger partial charge in [0.2, 0.25) is 0 Å². The van der Waals surface area contributed by atoms with Crippen LogP contribution in [0.4, 0.5) is 26.3 Å². The van der Waals surface area contributed by atoms with Gasteiger partial charge in [-0.05, 0) is 30.3 Å². The molecule has 1 aromatic heterocycles. The van der Waals surface area contributed by atoms with Gasteiger partial charge in [-0.2, -0.15) is 26.3 Å². The van der Waals surface area contributed by atoms with Gasteiger partial charge in [0.05, 0.1) is 7.11 Å². The molecule has 10 heteroatoms. The van der Waals surface area contributed by atoms with Crippen molar-refractivity contribution in [2.45, 2.75) is 18.0 Å². The lowest BCUT2D eigenvalue weighted by atomic mass is 9.90. The first-order valence-corrected chi connectivity index (χ1v) is 7.40. The Morgan fingerprint density at radius 1 is 0.889 bits per heavy atom. The maximum absolute atomic E-state index is 13.1. The smallest absolute Gasteiger partial charge is 0.430 e. The Hall–Kier alpha value is -2.75. The number of hydrogen-bond acceptors (Lipinski definition) is 3. The van der Waals surface area contributed by atoms with Gasteiger partial charge in [0.15, 0.2) is 0 Å². The maximum Gasteiger partial charge on any atom is 0.430 e. The van der Waals surface area contributed by atoms with E-state index >= 15 is 0 Å². The molecular weight excluding hydrogens is 380 g/mol. The summed E-state index contributed by atoms with van der Waals surface area (Å²) >= 11 is 0. The number of methoxy groups -OCH3 is 1. The molecule has 1 heterocycles. The molecule has 2 N–H and O–H groups in total. The Kier molecular flexibility index (Phi) is 4.14. The van der Waals surface area contributed by atoms with Gasteiger partial charge in [-0.25, -0.2) is 0 Å². The third-order valence-electron chi connectivity index (χ3n) is 4.27. The van der Waals surface area contributed by atoms with Gasteiger partial charge in [-0.15, -0.1) is 0 Å². The van der Waals surface area contributed by atoms with Crippen molar-refractivity contribution in [2.24, 2.45) is 0 Å². The van der Waals surface area contributed by atoms with E-state index in [1.807, 2.05) is 0 Å². The van der Waals surface area contributed by atoms with E-state index < -0.39 is 29.1 Å². The van der Waals surface area contributed by atoms with E-state index in [2.05, 4.69) is 4.98 Å². The number of ether oxygens (including phenoxy) is 1. The summed E-state index contributed by atoms with van der Waals surface area (Å²) in [6.45, 7) is 0. The Morgan fingerprint density at radius 3 is 2.07 bits per heavy atom. The van der Waals surface area contributed by atoms with Gasteiger partial charge in [0.25, 0.3) is 11.2 Å². The molecular formula is C17H11F6NO3. The summed E-state index contributed by atoms with van der Waals surface area (Å²) in [7, 11) is 1.31. The van der Waals surface area contributed by atoms with Crippen LogP contribution in [0.25, 0.3) is 21.7 Å². The standard InChI is InChI=1S/C17H11F6NO3/c1-27-9-3-4-10-11(7-9)12-6-8(2-5-13(12)24-14(10)25)15(26,16(18,19)20)17(21,22)23/h2-7,26H,1H3,(H,24,25). The molecule has 0 aliphatic carbocycles. The molecule has 2 aromatic carbocycles. The van der Waals surface area contributed by atoms with Crippen molar-refractivity contribution in [3.8, 4) is 5.75 Å². The van der Waals surface area contributed by atoms with Gasteiger partial charge in [0, 0.05) is 27.2 Å². The minimum absolute atomic E-state index is 0.0104. The van der Waals surface area contributed by atoms with E-state index in [0.717, 1.165) is 6.07 Å². The van der Waals surface area contributed by atoms with Crippen LogP contribution in [0.3, 0.4) is 0 Å². The number of fused-ring (bicyclic) bond motifs is 3. The second kappa shape index (κ2) is 5.88. The zero-order valence-corrected chi connectivity index (χ0v) is 13.5. The van der Waals surface area contributed by atoms with Crippen LogP contribution in [0.15, 0.2) is 41.2 Å². The molecule has 0 saturated heterocycles. The summed E-state index contributed by atoms with van der Waals surface area (Å²) in [5.74, 6) is 0.252. The van der Waals surface area contributed by atoms with Crippen LogP contribution in [-0.2, 0) is 5.60 Å². The molecule has 0 bridgehead atoms. The molecule has 144 valence electrons. The highest BCUT2D eigenvalue weighted by atomic mass is 19.4. The van der Waals surface area contributed by atoms with E-state index in [0.29, 0.717) is 12.1 Å². The van der Waals surface area contributed by atoms with Crippen LogP contribution in [-0.4, -0.2) is 29.6 Å². The summed E-state index contributed by atoms with van der Waals surface area (Å²) in [4.78, 5) is 14.5. The number of aromatic amines is 1. The number of alkyl halides is 6. The highest BCUT2D eigenvalue weighted by molar-refractivity contribution is 6.06. The van der Waals surface area contributed by atoms with E-state index in [4.69, 9.17) is 4.74 Å². The molecule has 3 rings (SSSR count). The predicted octanol–water partition coefficient (Wildman–Crippen LogP) is 4.00. The number of benzene rings is 2. The molecule has 4 nitrogen and oxygen atoms in total. The molecule has 3 aromatic rings. The van der Waals surface area contributed by atoms with Gasteiger partial charge in [0.1, 0.15) is 5.75 Å². The second-order valence-corrected chi connectivity index (χ2v) is 5.83. The zero-order chi connectivity index (χ0) is 20.2. The molecule has 0 atom stereocenters. The minimum atomic E-state index is -6.01. The SMILES string of the molecule is COc1ccc2c(=O)[nH]c3ccc(C(O)(C(F)(F)F)C(F)(F)F)cc3c2c1. The number of nitrogens with one attached hydrogen (secondary N) is 1. The number of aliphatic hydroxyl groups is 1. The predicted molar refractivity (Wildman–Crippen MR) is 84.6 cm³/mol. The molecule has 0 unspecified atom stereocenters. The van der Waals surface area contributed by atoms with Crippen LogP contribution in [0.5, 0.6) is 5.75 Å². The topological polar surface area (TPSA) is 62.3 Å². The van der Waals surface area contributed by atoms with E-state index in [9.17, 15) is 36.2 Å². The van der Waals surface area contributed by atoms with Crippen molar-refractivity contribution < 1.29 is 36.2 Å². The summed E-state index contributed by atoms with van der Waals surface area (Å²) in [6, 6.07) is 6.00. The Morgan fingerprint density at radius 2 is 1.52 bits per heavy atom. The van der Waals surface area contributed by atoms with Gasteiger partial charge < -0.3 is 14.8 Å². The molecule has 0 amide bonds. The van der Waals surface area contributed by atoms with E-state index in [1.54, 1.807) is 0 Å². The molecule has 0 saturated carbocycles. The fourth-order valence-electron chi connectivity index (χ4n) is 2.85. The lowest BCUT2D eigenvalue weighted by Gasteiger charge is -2.32. The highest BCUT2D eigenvalue weighted by Gasteiger charge is 2.71. The Labute approximate surface area is 147 Å². The molecule has 27 heavy (non-hydrogen) atoms. The molecule has 0 spiro atoms. The third-order valence-corrected chi connectivity index (χ3v) is 4.27. The summed E-state index contributed by atoms with van der Waals surface area (Å²) < 4.78 is 83.8. The molecule has 0 fully saturated rings. The number of H-pyrrole nitrogens is 1. The average molecular weight is 391 g/mol. The van der Waals surface area contributed by atoms with Crippen LogP contribution < -0.4 is 10.3 Å². The molecule has 0 aliphatic heterocycles. The van der Waals surface area contributed by atoms with Crippen LogP contribution in [0.1, 0.15) is 5.56 Å². The largest absolute Gasteiger partial charge is 0.497 e. The quantitative estimate of drug-likeness (QED) is 0.513. The Balaban J connectivity index is 2.42. The van der Waals surface area contributed by atoms with Crippen molar-refractivity contribution in [3.63, 3.8) is 0 Å². The zero-order valence-electron chi connectivity index (χ0n) is 13.5. The van der Waals surface area contributed by atoms with Gasteiger partial charge in [-0.3, -0.25) is 4.79 Å². The fraction of sp³-hybridized carbons (Fsp3) is 0.235. The minimum Gasteiger partial charge on any atom is -0.497 e. The number of rotatable bonds is 2. The number of pyridine rings is 1. The van der Waals surface area contributed by atoms with E-state index in [1.165, 1.54) is 25.3 Å². The van der Waals surface area contributed by atoms with E-state index in [-0.39, 0.29) is 27.4 Å². The first kappa shape index (κ1) is 19.0. The van der Waals surface area contributed by atoms with Crippen molar-refractivity contribution in [2.75, 3.05) is 7.11 Å². The molecule has 0 aliphatic rings. The number of hydrogen-bond donors (Lipinski definition) is 2. The fourth-order valence-corrected chi connectivity index (χ4v) is 2.85. The van der Waals surface area contributed by atoms with Crippen molar-refractivity contribution in [3.05, 3.63) is 52.3 Å². The number of halogens is 6. The molecule has 0 radical (unpaired) electrons. The van der Waals surface area contributed by atoms with Crippen molar-refractivity contribution in [1.82, 2.24) is 4.98 Å². The normalized spacial score (nSPS) is 13.3. The first-order valence-electron chi connectivity index (χ1n) is 7.40. The van der Waals surface area contributed by atoms with Gasteiger partial charge in [-0.1, -0.05) is 6.07 Å². The van der Waals surface area contributed by atoms with Gasteiger partial charge >= 0.3 is 12.4 Å².